The normalized spacial score (nSPS) is 11.9. The van der Waals surface area contributed by atoms with Gasteiger partial charge in [0.05, 0.1) is 0 Å². The number of hydrogen-bond acceptors (Lipinski definition) is 3. The van der Waals surface area contributed by atoms with Crippen LogP contribution in [0.1, 0.15) is 6.92 Å². The van der Waals surface area contributed by atoms with Gasteiger partial charge in [0.15, 0.2) is 0 Å². The maximum absolute atomic E-state index is 10.9. The van der Waals surface area contributed by atoms with Crippen molar-refractivity contribution >= 4 is 7.60 Å². The van der Waals surface area contributed by atoms with Gasteiger partial charge in [0.1, 0.15) is 0 Å². The van der Waals surface area contributed by atoms with Gasteiger partial charge in [0, 0.05) is 20.4 Å². The van der Waals surface area contributed by atoms with Crippen molar-refractivity contribution in [2.45, 2.75) is 6.92 Å². The van der Waals surface area contributed by atoms with Gasteiger partial charge in [-0.2, -0.15) is 0 Å². The number of hydrogen-bond donors (Lipinski definition) is 0. The third-order valence-corrected chi connectivity index (χ3v) is 2.83. The van der Waals surface area contributed by atoms with Crippen LogP contribution >= 0.6 is 7.60 Å². The molecular weight excluding hydrogens is 127 g/mol. The third kappa shape index (κ3) is 1.95. The first-order valence-electron chi connectivity index (χ1n) is 2.39. The largest absolute Gasteiger partial charge is 0.329 e. The Morgan fingerprint density at radius 3 is 1.75 bits per heavy atom. The van der Waals surface area contributed by atoms with Crippen molar-refractivity contribution in [2.75, 3.05) is 20.4 Å². The van der Waals surface area contributed by atoms with Crippen LogP contribution in [0.2, 0.25) is 0 Å². The fourth-order valence-electron chi connectivity index (χ4n) is 0.333. The molecule has 0 amide bonds. The lowest BCUT2D eigenvalue weighted by molar-refractivity contribution is 0.277. The van der Waals surface area contributed by atoms with Gasteiger partial charge in [0.25, 0.3) is 0 Å². The number of rotatable bonds is 3. The molecule has 0 aromatic heterocycles. The second kappa shape index (κ2) is 3.23. The summed E-state index contributed by atoms with van der Waals surface area (Å²) in [6.45, 7) is 1.76. The molecule has 0 spiro atoms. The minimum Gasteiger partial charge on any atom is -0.312 e. The van der Waals surface area contributed by atoms with Crippen molar-refractivity contribution in [3.05, 3.63) is 0 Å². The Morgan fingerprint density at radius 1 is 1.38 bits per heavy atom. The smallest absolute Gasteiger partial charge is 0.312 e. The summed E-state index contributed by atoms with van der Waals surface area (Å²) in [6, 6.07) is 0. The van der Waals surface area contributed by atoms with Gasteiger partial charge >= 0.3 is 7.60 Å². The van der Waals surface area contributed by atoms with Gasteiger partial charge in [-0.05, 0) is 0 Å². The van der Waals surface area contributed by atoms with Crippen LogP contribution in [-0.4, -0.2) is 20.4 Å². The summed E-state index contributed by atoms with van der Waals surface area (Å²) in [4.78, 5) is 0. The van der Waals surface area contributed by atoms with E-state index >= 15 is 0 Å². The molecule has 0 atom stereocenters. The van der Waals surface area contributed by atoms with Crippen molar-refractivity contribution in [1.82, 2.24) is 0 Å². The zero-order chi connectivity index (χ0) is 6.62. The van der Waals surface area contributed by atoms with Gasteiger partial charge in [-0.1, -0.05) is 6.92 Å². The van der Waals surface area contributed by atoms with E-state index in [9.17, 15) is 4.57 Å². The minimum atomic E-state index is -2.66. The average Bonchev–Trinajstić information content (AvgIpc) is 1.87. The van der Waals surface area contributed by atoms with Gasteiger partial charge in [-0.3, -0.25) is 4.57 Å². The molecule has 3 nitrogen and oxygen atoms in total. The molecule has 0 aromatic rings. The monoisotopic (exact) mass is 138 g/mol. The van der Waals surface area contributed by atoms with Gasteiger partial charge < -0.3 is 9.05 Å². The molecule has 4 heteroatoms. The van der Waals surface area contributed by atoms with E-state index in [1.165, 1.54) is 14.2 Å². The van der Waals surface area contributed by atoms with Crippen LogP contribution in [0.3, 0.4) is 0 Å². The lowest BCUT2D eigenvalue weighted by atomic mass is 11.0. The van der Waals surface area contributed by atoms with E-state index in [0.717, 1.165) is 0 Å². The summed E-state index contributed by atoms with van der Waals surface area (Å²) < 4.78 is 20.0. The molecule has 0 aliphatic carbocycles. The van der Waals surface area contributed by atoms with Gasteiger partial charge in [-0.25, -0.2) is 0 Å². The molecule has 0 unspecified atom stereocenters. The molecule has 8 heavy (non-hydrogen) atoms. The van der Waals surface area contributed by atoms with Crippen LogP contribution in [0.4, 0.5) is 0 Å². The molecule has 0 heterocycles. The highest BCUT2D eigenvalue weighted by Gasteiger charge is 2.15. The Morgan fingerprint density at radius 2 is 1.75 bits per heavy atom. The Bertz CT molecular complexity index is 82.4. The molecule has 0 aliphatic rings. The summed E-state index contributed by atoms with van der Waals surface area (Å²) in [7, 11) is 0.103. The SMILES string of the molecule is CCP(=O)(OC)OC. The van der Waals surface area contributed by atoms with E-state index in [1.54, 1.807) is 6.92 Å². The zero-order valence-corrected chi connectivity index (χ0v) is 6.27. The van der Waals surface area contributed by atoms with E-state index in [2.05, 4.69) is 9.05 Å². The average molecular weight is 138 g/mol. The standard InChI is InChI=1S/C4H11O3P/c1-4-8(5,6-2)7-3/h4H2,1-3H3. The Kier molecular flexibility index (Phi) is 3.29. The van der Waals surface area contributed by atoms with Crippen LogP contribution in [0.5, 0.6) is 0 Å². The van der Waals surface area contributed by atoms with Crippen molar-refractivity contribution in [3.63, 3.8) is 0 Å². The predicted molar refractivity (Wildman–Crippen MR) is 32.2 cm³/mol. The van der Waals surface area contributed by atoms with Crippen LogP contribution in [0, 0.1) is 0 Å². The molecule has 0 fully saturated rings. The molecular formula is C4H11O3P. The lowest BCUT2D eigenvalue weighted by Gasteiger charge is -2.08. The van der Waals surface area contributed by atoms with Crippen LogP contribution in [0.15, 0.2) is 0 Å². The lowest BCUT2D eigenvalue weighted by Crippen LogP contribution is -1.89. The first-order chi connectivity index (χ1) is 3.68. The van der Waals surface area contributed by atoms with Crippen LogP contribution < -0.4 is 0 Å². The molecule has 0 rings (SSSR count). The Hall–Kier alpha value is 0.150. The predicted octanol–water partition coefficient (Wildman–Crippen LogP) is 1.49. The van der Waals surface area contributed by atoms with E-state index in [-0.39, 0.29) is 0 Å². The fraction of sp³-hybridized carbons (Fsp3) is 1.00. The van der Waals surface area contributed by atoms with Crippen LogP contribution in [0.25, 0.3) is 0 Å². The van der Waals surface area contributed by atoms with Crippen molar-refractivity contribution < 1.29 is 13.6 Å². The molecule has 0 saturated carbocycles. The fourth-order valence-corrected chi connectivity index (χ4v) is 0.998. The third-order valence-electron chi connectivity index (χ3n) is 0.944. The van der Waals surface area contributed by atoms with Crippen molar-refractivity contribution in [3.8, 4) is 0 Å². The molecule has 0 aliphatic heterocycles. The van der Waals surface area contributed by atoms with Gasteiger partial charge in [-0.15, -0.1) is 0 Å². The molecule has 50 valence electrons. The Balaban J connectivity index is 3.79. The van der Waals surface area contributed by atoms with E-state index in [1.807, 2.05) is 0 Å². The first-order valence-corrected chi connectivity index (χ1v) is 4.12. The molecule has 0 N–H and O–H groups in total. The van der Waals surface area contributed by atoms with Crippen molar-refractivity contribution in [2.24, 2.45) is 0 Å². The molecule has 0 bridgehead atoms. The van der Waals surface area contributed by atoms with E-state index in [0.29, 0.717) is 6.16 Å². The summed E-state index contributed by atoms with van der Waals surface area (Å²) in [6.07, 6.45) is 0.431. The highest BCUT2D eigenvalue weighted by atomic mass is 31.2. The molecule has 0 saturated heterocycles. The summed E-state index contributed by atoms with van der Waals surface area (Å²) in [5, 5.41) is 0. The minimum absolute atomic E-state index is 0.431. The second-order valence-corrected chi connectivity index (χ2v) is 3.88. The summed E-state index contributed by atoms with van der Waals surface area (Å²) in [5.74, 6) is 0. The van der Waals surface area contributed by atoms with Crippen molar-refractivity contribution in [1.29, 1.82) is 0 Å². The van der Waals surface area contributed by atoms with Gasteiger partial charge in [0.2, 0.25) is 0 Å². The summed E-state index contributed by atoms with van der Waals surface area (Å²) in [5.41, 5.74) is 0. The topological polar surface area (TPSA) is 35.5 Å². The second-order valence-electron chi connectivity index (χ2n) is 1.29. The molecule has 0 aromatic carbocycles. The Labute approximate surface area is 49.5 Å². The van der Waals surface area contributed by atoms with E-state index < -0.39 is 7.60 Å². The quantitative estimate of drug-likeness (QED) is 0.554. The highest BCUT2D eigenvalue weighted by Crippen LogP contribution is 2.45. The zero-order valence-electron chi connectivity index (χ0n) is 5.38. The van der Waals surface area contributed by atoms with E-state index in [4.69, 9.17) is 0 Å². The maximum atomic E-state index is 10.9. The van der Waals surface area contributed by atoms with Crippen LogP contribution in [-0.2, 0) is 13.6 Å². The maximum Gasteiger partial charge on any atom is 0.329 e. The molecule has 0 radical (unpaired) electrons. The highest BCUT2D eigenvalue weighted by molar-refractivity contribution is 7.53. The first kappa shape index (κ1) is 8.15. The summed E-state index contributed by atoms with van der Waals surface area (Å²) >= 11 is 0.